The molecule has 0 aliphatic carbocycles. The monoisotopic (exact) mass is 439 g/mol. The normalized spacial score (nSPS) is 11.0. The number of aromatic nitrogens is 2. The molecule has 0 saturated carbocycles. The lowest BCUT2D eigenvalue weighted by molar-refractivity contribution is -0.116. The maximum absolute atomic E-state index is 12.3. The molecule has 0 atom stereocenters. The number of hydrogen-bond acceptors (Lipinski definition) is 4. The number of carbonyl (C=O) groups is 1. The summed E-state index contributed by atoms with van der Waals surface area (Å²) in [6.45, 7) is 4.87. The van der Waals surface area contributed by atoms with E-state index in [9.17, 15) is 4.79 Å². The van der Waals surface area contributed by atoms with Gasteiger partial charge in [0.1, 0.15) is 0 Å². The molecule has 3 aromatic rings. The first kappa shape index (κ1) is 22.4. The van der Waals surface area contributed by atoms with E-state index in [4.69, 9.17) is 21.1 Å². The highest BCUT2D eigenvalue weighted by atomic mass is 35.5. The van der Waals surface area contributed by atoms with Crippen molar-refractivity contribution in [1.29, 1.82) is 0 Å². The van der Waals surface area contributed by atoms with Crippen LogP contribution >= 0.6 is 11.6 Å². The molecule has 1 N–H and O–H groups in total. The number of methoxy groups -OCH3 is 2. The van der Waals surface area contributed by atoms with E-state index in [-0.39, 0.29) is 5.91 Å². The van der Waals surface area contributed by atoms with Gasteiger partial charge >= 0.3 is 0 Å². The van der Waals surface area contributed by atoms with Gasteiger partial charge in [0.25, 0.3) is 0 Å². The minimum atomic E-state index is -0.188. The van der Waals surface area contributed by atoms with Gasteiger partial charge in [0.2, 0.25) is 5.91 Å². The van der Waals surface area contributed by atoms with Gasteiger partial charge in [-0.2, -0.15) is 5.10 Å². The van der Waals surface area contributed by atoms with Gasteiger partial charge in [0, 0.05) is 28.9 Å². The van der Waals surface area contributed by atoms with Crippen LogP contribution in [0, 0.1) is 13.8 Å². The smallest absolute Gasteiger partial charge is 0.244 e. The first-order valence-corrected chi connectivity index (χ1v) is 10.2. The molecule has 0 aliphatic heterocycles. The molecule has 6 nitrogen and oxygen atoms in total. The summed E-state index contributed by atoms with van der Waals surface area (Å²) >= 11 is 6.27. The summed E-state index contributed by atoms with van der Waals surface area (Å²) in [6, 6.07) is 13.3. The average molecular weight is 440 g/mol. The van der Waals surface area contributed by atoms with Gasteiger partial charge < -0.3 is 14.8 Å². The Labute approximate surface area is 187 Å². The number of benzene rings is 2. The van der Waals surface area contributed by atoms with Crippen LogP contribution in [0.15, 0.2) is 48.5 Å². The predicted octanol–water partition coefficient (Wildman–Crippen LogP) is 4.55. The standard InChI is InChI=1S/C24H26ClN3O3/c1-16-20(17(2)28(27-16)15-19-7-5-6-8-21(19)25)10-12-24(29)26-14-18-9-11-22(30-3)23(13-18)31-4/h5-13H,14-15H2,1-4H3,(H,26,29)/b12-10+. The van der Waals surface area contributed by atoms with Gasteiger partial charge in [-0.05, 0) is 49.2 Å². The molecule has 3 rings (SSSR count). The van der Waals surface area contributed by atoms with Gasteiger partial charge in [-0.1, -0.05) is 35.9 Å². The third kappa shape index (κ3) is 5.47. The number of nitrogens with one attached hydrogen (secondary N) is 1. The van der Waals surface area contributed by atoms with E-state index < -0.39 is 0 Å². The molecule has 1 heterocycles. The third-order valence-corrected chi connectivity index (χ3v) is 5.40. The topological polar surface area (TPSA) is 65.4 Å². The molecule has 0 radical (unpaired) electrons. The second-order valence-corrected chi connectivity index (χ2v) is 7.48. The zero-order valence-electron chi connectivity index (χ0n) is 18.1. The van der Waals surface area contributed by atoms with E-state index in [1.807, 2.05) is 61.0 Å². The summed E-state index contributed by atoms with van der Waals surface area (Å²) in [7, 11) is 3.17. The SMILES string of the molecule is COc1ccc(CNC(=O)/C=C/c2c(C)nn(Cc3ccccc3Cl)c2C)cc1OC. The first-order valence-electron chi connectivity index (χ1n) is 9.87. The molecule has 0 unspecified atom stereocenters. The van der Waals surface area contributed by atoms with Crippen molar-refractivity contribution in [2.75, 3.05) is 14.2 Å². The number of hydrogen-bond donors (Lipinski definition) is 1. The van der Waals surface area contributed by atoms with Gasteiger partial charge in [-0.25, -0.2) is 0 Å². The number of aryl methyl sites for hydroxylation is 1. The lowest BCUT2D eigenvalue weighted by atomic mass is 10.1. The fourth-order valence-corrected chi connectivity index (χ4v) is 3.49. The van der Waals surface area contributed by atoms with Gasteiger partial charge in [0.15, 0.2) is 11.5 Å². The Morgan fingerprint density at radius 2 is 1.87 bits per heavy atom. The minimum Gasteiger partial charge on any atom is -0.493 e. The molecule has 0 bridgehead atoms. The van der Waals surface area contributed by atoms with Crippen LogP contribution in [0.2, 0.25) is 5.02 Å². The van der Waals surface area contributed by atoms with Crippen molar-refractivity contribution < 1.29 is 14.3 Å². The molecule has 0 spiro atoms. The fourth-order valence-electron chi connectivity index (χ4n) is 3.29. The van der Waals surface area contributed by atoms with E-state index >= 15 is 0 Å². The fraction of sp³-hybridized carbons (Fsp3) is 0.250. The van der Waals surface area contributed by atoms with Gasteiger partial charge in [-0.3, -0.25) is 9.48 Å². The van der Waals surface area contributed by atoms with E-state index in [1.54, 1.807) is 20.3 Å². The first-order chi connectivity index (χ1) is 14.9. The largest absolute Gasteiger partial charge is 0.493 e. The van der Waals surface area contributed by atoms with Crippen LogP contribution < -0.4 is 14.8 Å². The second-order valence-electron chi connectivity index (χ2n) is 7.07. The highest BCUT2D eigenvalue weighted by Crippen LogP contribution is 2.27. The zero-order chi connectivity index (χ0) is 22.4. The summed E-state index contributed by atoms with van der Waals surface area (Å²) in [5, 5.41) is 8.20. The van der Waals surface area contributed by atoms with Gasteiger partial charge in [-0.15, -0.1) is 0 Å². The van der Waals surface area contributed by atoms with E-state index in [0.29, 0.717) is 29.6 Å². The highest BCUT2D eigenvalue weighted by molar-refractivity contribution is 6.31. The van der Waals surface area contributed by atoms with Crippen LogP contribution in [0.25, 0.3) is 6.08 Å². The maximum atomic E-state index is 12.3. The maximum Gasteiger partial charge on any atom is 0.244 e. The zero-order valence-corrected chi connectivity index (χ0v) is 18.9. The quantitative estimate of drug-likeness (QED) is 0.523. The number of nitrogens with zero attached hydrogens (tertiary/aromatic N) is 2. The Bertz CT molecular complexity index is 1110. The highest BCUT2D eigenvalue weighted by Gasteiger charge is 2.11. The molecule has 162 valence electrons. The molecule has 0 aliphatic rings. The van der Waals surface area contributed by atoms with Crippen molar-refractivity contribution in [2.45, 2.75) is 26.9 Å². The number of carbonyl (C=O) groups excluding carboxylic acids is 1. The number of halogens is 1. The molecular weight excluding hydrogens is 414 g/mol. The summed E-state index contributed by atoms with van der Waals surface area (Å²) < 4.78 is 12.4. The number of amides is 1. The lowest BCUT2D eigenvalue weighted by Gasteiger charge is -2.09. The Hall–Kier alpha value is -3.25. The van der Waals surface area contributed by atoms with Crippen molar-refractivity contribution in [2.24, 2.45) is 0 Å². The molecule has 0 saturated heterocycles. The van der Waals surface area contributed by atoms with Crippen LogP contribution in [-0.2, 0) is 17.9 Å². The Balaban J connectivity index is 1.66. The number of ether oxygens (including phenoxy) is 2. The average Bonchev–Trinajstić information content (AvgIpc) is 3.04. The van der Waals surface area contributed by atoms with Crippen molar-refractivity contribution in [3.05, 3.63) is 81.6 Å². The van der Waals surface area contributed by atoms with Crippen LogP contribution in [0.3, 0.4) is 0 Å². The van der Waals surface area contributed by atoms with Crippen molar-refractivity contribution in [1.82, 2.24) is 15.1 Å². The lowest BCUT2D eigenvalue weighted by Crippen LogP contribution is -2.20. The number of rotatable bonds is 8. The Morgan fingerprint density at radius 1 is 1.13 bits per heavy atom. The molecule has 7 heteroatoms. The van der Waals surface area contributed by atoms with Crippen LogP contribution in [-0.4, -0.2) is 29.9 Å². The summed E-state index contributed by atoms with van der Waals surface area (Å²) in [6.07, 6.45) is 3.32. The van der Waals surface area contributed by atoms with Crippen LogP contribution in [0.5, 0.6) is 11.5 Å². The Morgan fingerprint density at radius 3 is 2.58 bits per heavy atom. The van der Waals surface area contributed by atoms with Crippen molar-refractivity contribution in [3.8, 4) is 11.5 Å². The minimum absolute atomic E-state index is 0.188. The van der Waals surface area contributed by atoms with E-state index in [1.165, 1.54) is 6.08 Å². The van der Waals surface area contributed by atoms with Crippen molar-refractivity contribution >= 4 is 23.6 Å². The van der Waals surface area contributed by atoms with E-state index in [0.717, 1.165) is 28.1 Å². The van der Waals surface area contributed by atoms with Crippen LogP contribution in [0.1, 0.15) is 28.1 Å². The second kappa shape index (κ2) is 10.2. The molecule has 2 aromatic carbocycles. The third-order valence-electron chi connectivity index (χ3n) is 5.03. The van der Waals surface area contributed by atoms with Gasteiger partial charge in [0.05, 0.1) is 26.5 Å². The summed E-state index contributed by atoms with van der Waals surface area (Å²) in [4.78, 5) is 12.3. The van der Waals surface area contributed by atoms with Crippen LogP contribution in [0.4, 0.5) is 0 Å². The van der Waals surface area contributed by atoms with Crippen molar-refractivity contribution in [3.63, 3.8) is 0 Å². The van der Waals surface area contributed by atoms with E-state index in [2.05, 4.69) is 10.4 Å². The molecule has 0 fully saturated rings. The Kier molecular flexibility index (Phi) is 7.36. The molecule has 1 amide bonds. The summed E-state index contributed by atoms with van der Waals surface area (Å²) in [5.41, 5.74) is 4.67. The molecular formula is C24H26ClN3O3. The summed E-state index contributed by atoms with van der Waals surface area (Å²) in [5.74, 6) is 1.09. The molecule has 1 aromatic heterocycles. The predicted molar refractivity (Wildman–Crippen MR) is 123 cm³/mol. The molecule has 31 heavy (non-hydrogen) atoms.